The minimum atomic E-state index is -1.82. The summed E-state index contributed by atoms with van der Waals surface area (Å²) in [6.07, 6.45) is 11.4. The summed E-state index contributed by atoms with van der Waals surface area (Å²) in [6.45, 7) is 4.12. The van der Waals surface area contributed by atoms with Gasteiger partial charge in [-0.25, -0.2) is 9.59 Å². The third-order valence-electron chi connectivity index (χ3n) is 5.59. The van der Waals surface area contributed by atoms with Gasteiger partial charge < -0.3 is 20.4 Å². The van der Waals surface area contributed by atoms with Crippen molar-refractivity contribution in [1.82, 2.24) is 10.2 Å². The number of likely N-dealkylation sites (tertiary alicyclic amines) is 1. The molecule has 164 valence electrons. The summed E-state index contributed by atoms with van der Waals surface area (Å²) in [7, 11) is 0. The number of carbonyl (C=O) groups is 3. The average molecular weight is 417 g/mol. The van der Waals surface area contributed by atoms with Gasteiger partial charge in [-0.1, -0.05) is 42.5 Å². The van der Waals surface area contributed by atoms with E-state index in [1.807, 2.05) is 6.07 Å². The van der Waals surface area contributed by atoms with Crippen molar-refractivity contribution in [2.75, 3.05) is 26.2 Å². The molecule has 0 saturated carbocycles. The van der Waals surface area contributed by atoms with Gasteiger partial charge in [-0.3, -0.25) is 4.79 Å². The summed E-state index contributed by atoms with van der Waals surface area (Å²) in [4.78, 5) is 33.1. The molecule has 0 aromatic heterocycles. The molecular formula is C23H32N2O5. The number of aliphatic carboxylic acids is 2. The normalized spacial score (nSPS) is 19.4. The highest BCUT2D eigenvalue weighted by molar-refractivity contribution is 6.27. The van der Waals surface area contributed by atoms with Crippen LogP contribution in [0.3, 0.4) is 0 Å². The lowest BCUT2D eigenvalue weighted by atomic mass is 9.91. The van der Waals surface area contributed by atoms with Crippen LogP contribution in [0.4, 0.5) is 0 Å². The summed E-state index contributed by atoms with van der Waals surface area (Å²) >= 11 is 0. The minimum Gasteiger partial charge on any atom is -0.473 e. The number of rotatable bonds is 6. The fourth-order valence-corrected chi connectivity index (χ4v) is 3.88. The SMILES string of the molecule is O=C(NCCc1ccccc1)C1CCN(CC2CC=CCC2)CC1.O=C(O)C(=O)O. The number of carbonyl (C=O) groups excluding carboxylic acids is 1. The highest BCUT2D eigenvalue weighted by Gasteiger charge is 2.26. The highest BCUT2D eigenvalue weighted by Crippen LogP contribution is 2.23. The van der Waals surface area contributed by atoms with E-state index < -0.39 is 11.9 Å². The van der Waals surface area contributed by atoms with E-state index in [9.17, 15) is 4.79 Å². The van der Waals surface area contributed by atoms with E-state index in [0.29, 0.717) is 0 Å². The Hall–Kier alpha value is -2.67. The molecule has 1 atom stereocenters. The van der Waals surface area contributed by atoms with Crippen LogP contribution >= 0.6 is 0 Å². The Balaban J connectivity index is 0.000000469. The van der Waals surface area contributed by atoms with Crippen molar-refractivity contribution in [3.05, 3.63) is 48.0 Å². The molecule has 1 aromatic rings. The van der Waals surface area contributed by atoms with Crippen LogP contribution in [0.25, 0.3) is 0 Å². The molecule has 1 aliphatic heterocycles. The first kappa shape index (κ1) is 23.6. The maximum absolute atomic E-state index is 12.3. The first-order valence-corrected chi connectivity index (χ1v) is 10.6. The number of carboxylic acids is 2. The standard InChI is InChI=1S/C21H30N2O.C2H2O4/c24-21(22-14-11-18-7-3-1-4-8-18)20-12-15-23(16-13-20)17-19-9-5-2-6-10-19;3-1(4)2(5)6/h1-5,7-8,19-20H,6,9-17H2,(H,22,24);(H,3,4)(H,5,6). The zero-order valence-electron chi connectivity index (χ0n) is 17.3. The molecule has 1 unspecified atom stereocenters. The monoisotopic (exact) mass is 416 g/mol. The fourth-order valence-electron chi connectivity index (χ4n) is 3.88. The maximum atomic E-state index is 12.3. The van der Waals surface area contributed by atoms with Crippen molar-refractivity contribution in [1.29, 1.82) is 0 Å². The summed E-state index contributed by atoms with van der Waals surface area (Å²) in [5, 5.41) is 17.9. The highest BCUT2D eigenvalue weighted by atomic mass is 16.4. The van der Waals surface area contributed by atoms with E-state index in [-0.39, 0.29) is 11.8 Å². The lowest BCUT2D eigenvalue weighted by Crippen LogP contribution is -2.42. The molecule has 7 heteroatoms. The fraction of sp³-hybridized carbons (Fsp3) is 0.522. The lowest BCUT2D eigenvalue weighted by Gasteiger charge is -2.34. The van der Waals surface area contributed by atoms with Gasteiger partial charge in [0.2, 0.25) is 5.91 Å². The van der Waals surface area contributed by atoms with Crippen molar-refractivity contribution >= 4 is 17.8 Å². The number of benzene rings is 1. The van der Waals surface area contributed by atoms with Crippen LogP contribution in [0.1, 0.15) is 37.7 Å². The van der Waals surface area contributed by atoms with Crippen LogP contribution in [-0.2, 0) is 20.8 Å². The van der Waals surface area contributed by atoms with Crippen LogP contribution in [0, 0.1) is 11.8 Å². The van der Waals surface area contributed by atoms with Crippen molar-refractivity contribution in [3.8, 4) is 0 Å². The van der Waals surface area contributed by atoms with E-state index in [4.69, 9.17) is 19.8 Å². The summed E-state index contributed by atoms with van der Waals surface area (Å²) in [5.74, 6) is -2.36. The number of amides is 1. The van der Waals surface area contributed by atoms with Gasteiger partial charge >= 0.3 is 11.9 Å². The Morgan fingerprint density at radius 2 is 1.63 bits per heavy atom. The number of nitrogens with zero attached hydrogens (tertiary/aromatic N) is 1. The molecule has 0 bridgehead atoms. The van der Waals surface area contributed by atoms with Crippen molar-refractivity contribution < 1.29 is 24.6 Å². The molecule has 1 fully saturated rings. The first-order valence-electron chi connectivity index (χ1n) is 10.6. The van der Waals surface area contributed by atoms with E-state index >= 15 is 0 Å². The summed E-state index contributed by atoms with van der Waals surface area (Å²) in [6, 6.07) is 10.4. The molecule has 1 amide bonds. The molecule has 30 heavy (non-hydrogen) atoms. The zero-order valence-corrected chi connectivity index (χ0v) is 17.3. The van der Waals surface area contributed by atoms with Gasteiger partial charge in [0.1, 0.15) is 0 Å². The van der Waals surface area contributed by atoms with Crippen LogP contribution in [0.2, 0.25) is 0 Å². The van der Waals surface area contributed by atoms with Gasteiger partial charge in [-0.15, -0.1) is 0 Å². The number of nitrogens with one attached hydrogen (secondary N) is 1. The molecular weight excluding hydrogens is 384 g/mol. The van der Waals surface area contributed by atoms with Crippen LogP contribution in [-0.4, -0.2) is 59.1 Å². The average Bonchev–Trinajstić information content (AvgIpc) is 2.76. The Morgan fingerprint density at radius 1 is 0.967 bits per heavy atom. The first-order chi connectivity index (χ1) is 14.5. The van der Waals surface area contributed by atoms with Crippen molar-refractivity contribution in [2.24, 2.45) is 11.8 Å². The number of carboxylic acid groups (broad SMARTS) is 2. The van der Waals surface area contributed by atoms with Gasteiger partial charge in [0.25, 0.3) is 0 Å². The number of hydrogen-bond acceptors (Lipinski definition) is 4. The van der Waals surface area contributed by atoms with Crippen LogP contribution in [0.5, 0.6) is 0 Å². The molecule has 1 heterocycles. The van der Waals surface area contributed by atoms with Crippen LogP contribution in [0.15, 0.2) is 42.5 Å². The number of allylic oxidation sites excluding steroid dienone is 2. The third-order valence-corrected chi connectivity index (χ3v) is 5.59. The van der Waals surface area contributed by atoms with Gasteiger partial charge in [0, 0.05) is 19.0 Å². The Labute approximate surface area is 177 Å². The predicted molar refractivity (Wildman–Crippen MR) is 114 cm³/mol. The van der Waals surface area contributed by atoms with Gasteiger partial charge in [0.05, 0.1) is 0 Å². The second-order valence-electron chi connectivity index (χ2n) is 7.86. The van der Waals surface area contributed by atoms with Gasteiger partial charge in [-0.05, 0) is 63.1 Å². The Kier molecular flexibility index (Phi) is 10.1. The molecule has 2 aliphatic rings. The van der Waals surface area contributed by atoms with E-state index in [2.05, 4.69) is 46.6 Å². The molecule has 3 N–H and O–H groups in total. The van der Waals surface area contributed by atoms with Gasteiger partial charge in [-0.2, -0.15) is 0 Å². The van der Waals surface area contributed by atoms with Crippen molar-refractivity contribution in [3.63, 3.8) is 0 Å². The molecule has 7 nitrogen and oxygen atoms in total. The molecule has 1 aliphatic carbocycles. The Bertz CT molecular complexity index is 700. The zero-order chi connectivity index (χ0) is 21.8. The van der Waals surface area contributed by atoms with E-state index in [1.165, 1.54) is 31.4 Å². The maximum Gasteiger partial charge on any atom is 0.414 e. The minimum absolute atomic E-state index is 0.211. The van der Waals surface area contributed by atoms with Crippen LogP contribution < -0.4 is 5.32 Å². The predicted octanol–water partition coefficient (Wildman–Crippen LogP) is 2.57. The van der Waals surface area contributed by atoms with Crippen molar-refractivity contribution in [2.45, 2.75) is 38.5 Å². The topological polar surface area (TPSA) is 107 Å². The summed E-state index contributed by atoms with van der Waals surface area (Å²) in [5.41, 5.74) is 1.29. The largest absolute Gasteiger partial charge is 0.473 e. The van der Waals surface area contributed by atoms with Gasteiger partial charge in [0.15, 0.2) is 0 Å². The smallest absolute Gasteiger partial charge is 0.414 e. The second-order valence-corrected chi connectivity index (χ2v) is 7.86. The second kappa shape index (κ2) is 12.8. The van der Waals surface area contributed by atoms with E-state index in [1.54, 1.807) is 0 Å². The molecule has 0 spiro atoms. The molecule has 1 saturated heterocycles. The number of hydrogen-bond donors (Lipinski definition) is 3. The molecule has 3 rings (SSSR count). The van der Waals surface area contributed by atoms with E-state index in [0.717, 1.165) is 44.8 Å². The third kappa shape index (κ3) is 8.78. The lowest BCUT2D eigenvalue weighted by molar-refractivity contribution is -0.159. The summed E-state index contributed by atoms with van der Waals surface area (Å²) < 4.78 is 0. The molecule has 0 radical (unpaired) electrons. The Morgan fingerprint density at radius 3 is 2.20 bits per heavy atom. The number of piperidine rings is 1. The quantitative estimate of drug-likeness (QED) is 0.486. The molecule has 1 aromatic carbocycles.